The molecule has 0 bridgehead atoms. The van der Waals surface area contributed by atoms with Crippen molar-refractivity contribution in [1.29, 1.82) is 0 Å². The Morgan fingerprint density at radius 1 is 1.18 bits per heavy atom. The van der Waals surface area contributed by atoms with E-state index < -0.39 is 0 Å². The Balaban J connectivity index is 3.31. The maximum absolute atomic E-state index is 10.8. The van der Waals surface area contributed by atoms with Gasteiger partial charge < -0.3 is 0 Å². The van der Waals surface area contributed by atoms with Crippen LogP contribution in [0.2, 0.25) is 0 Å². The Labute approximate surface area is 70.2 Å². The van der Waals surface area contributed by atoms with E-state index in [0.29, 0.717) is 5.78 Å². The van der Waals surface area contributed by atoms with Gasteiger partial charge in [-0.1, -0.05) is 33.6 Å². The van der Waals surface area contributed by atoms with Gasteiger partial charge in [0.2, 0.25) is 0 Å². The van der Waals surface area contributed by atoms with E-state index in [0.717, 1.165) is 12.3 Å². The van der Waals surface area contributed by atoms with Gasteiger partial charge in [-0.3, -0.25) is 4.79 Å². The van der Waals surface area contributed by atoms with E-state index in [-0.39, 0.29) is 5.92 Å². The number of Topliss-reactive ketones (excluding diaryl/α,β-unsaturated/α-hetero) is 1. The lowest BCUT2D eigenvalue weighted by Crippen LogP contribution is -2.06. The standard InChI is InChI=1S/C10H20O/c1-8(2)6-5-7-9(3)10(4)11/h8-9H,5-7H2,1-4H3. The van der Waals surface area contributed by atoms with Crippen LogP contribution in [0.4, 0.5) is 0 Å². The number of hydrogen-bond acceptors (Lipinski definition) is 1. The van der Waals surface area contributed by atoms with Gasteiger partial charge in [0, 0.05) is 5.92 Å². The van der Waals surface area contributed by atoms with Crippen LogP contribution in [0.25, 0.3) is 0 Å². The van der Waals surface area contributed by atoms with Crippen molar-refractivity contribution < 1.29 is 4.79 Å². The molecule has 0 fully saturated rings. The maximum Gasteiger partial charge on any atom is 0.132 e. The fraction of sp³-hybridized carbons (Fsp3) is 0.900. The first-order chi connectivity index (χ1) is 5.04. The van der Waals surface area contributed by atoms with E-state index in [1.54, 1.807) is 6.92 Å². The molecule has 0 aromatic heterocycles. The number of rotatable bonds is 5. The largest absolute Gasteiger partial charge is 0.300 e. The van der Waals surface area contributed by atoms with E-state index in [1.807, 2.05) is 6.92 Å². The Hall–Kier alpha value is -0.330. The molecule has 1 unspecified atom stereocenters. The average Bonchev–Trinajstić information content (AvgIpc) is 1.86. The molecule has 1 nitrogen and oxygen atoms in total. The van der Waals surface area contributed by atoms with Crippen LogP contribution in [0.15, 0.2) is 0 Å². The lowest BCUT2D eigenvalue weighted by Gasteiger charge is -2.08. The molecule has 0 amide bonds. The van der Waals surface area contributed by atoms with Gasteiger partial charge in [-0.15, -0.1) is 0 Å². The predicted molar refractivity (Wildman–Crippen MR) is 48.5 cm³/mol. The second-order valence-electron chi connectivity index (χ2n) is 3.84. The highest BCUT2D eigenvalue weighted by Gasteiger charge is 2.06. The van der Waals surface area contributed by atoms with Crippen LogP contribution in [-0.2, 0) is 4.79 Å². The van der Waals surface area contributed by atoms with E-state index in [1.165, 1.54) is 12.8 Å². The zero-order valence-corrected chi connectivity index (χ0v) is 8.18. The van der Waals surface area contributed by atoms with E-state index >= 15 is 0 Å². The van der Waals surface area contributed by atoms with Crippen LogP contribution in [0.5, 0.6) is 0 Å². The van der Waals surface area contributed by atoms with Crippen LogP contribution in [-0.4, -0.2) is 5.78 Å². The molecule has 0 saturated carbocycles. The van der Waals surface area contributed by atoms with Crippen LogP contribution in [0.3, 0.4) is 0 Å². The van der Waals surface area contributed by atoms with Crippen molar-refractivity contribution in [3.8, 4) is 0 Å². The van der Waals surface area contributed by atoms with Gasteiger partial charge in [-0.25, -0.2) is 0 Å². The van der Waals surface area contributed by atoms with Gasteiger partial charge in [0.25, 0.3) is 0 Å². The molecule has 0 aromatic carbocycles. The first kappa shape index (κ1) is 10.7. The summed E-state index contributed by atoms with van der Waals surface area (Å²) in [4.78, 5) is 10.8. The minimum absolute atomic E-state index is 0.272. The Morgan fingerprint density at radius 2 is 1.73 bits per heavy atom. The smallest absolute Gasteiger partial charge is 0.132 e. The van der Waals surface area contributed by atoms with E-state index in [9.17, 15) is 4.79 Å². The number of ketones is 1. The SMILES string of the molecule is CC(=O)C(C)CCCC(C)C. The summed E-state index contributed by atoms with van der Waals surface area (Å²) in [7, 11) is 0. The van der Waals surface area contributed by atoms with Crippen LogP contribution < -0.4 is 0 Å². The average molecular weight is 156 g/mol. The lowest BCUT2D eigenvalue weighted by molar-refractivity contribution is -0.120. The maximum atomic E-state index is 10.8. The van der Waals surface area contributed by atoms with Crippen molar-refractivity contribution in [2.75, 3.05) is 0 Å². The molecular formula is C10H20O. The molecule has 0 heterocycles. The lowest BCUT2D eigenvalue weighted by atomic mass is 9.97. The molecule has 0 rings (SSSR count). The van der Waals surface area contributed by atoms with Crippen molar-refractivity contribution in [2.45, 2.75) is 47.0 Å². The minimum Gasteiger partial charge on any atom is -0.300 e. The molecule has 0 aromatic rings. The highest BCUT2D eigenvalue weighted by Crippen LogP contribution is 2.12. The summed E-state index contributed by atoms with van der Waals surface area (Å²) in [6.45, 7) is 8.14. The second-order valence-corrected chi connectivity index (χ2v) is 3.84. The summed E-state index contributed by atoms with van der Waals surface area (Å²) in [6, 6.07) is 0. The highest BCUT2D eigenvalue weighted by atomic mass is 16.1. The molecule has 0 aliphatic heterocycles. The molecule has 0 spiro atoms. The Morgan fingerprint density at radius 3 is 2.09 bits per heavy atom. The van der Waals surface area contributed by atoms with Crippen molar-refractivity contribution in [1.82, 2.24) is 0 Å². The number of carbonyl (C=O) groups is 1. The first-order valence-corrected chi connectivity index (χ1v) is 4.54. The molecule has 0 aliphatic carbocycles. The zero-order chi connectivity index (χ0) is 8.85. The van der Waals surface area contributed by atoms with Gasteiger partial charge in [0.15, 0.2) is 0 Å². The van der Waals surface area contributed by atoms with E-state index in [4.69, 9.17) is 0 Å². The fourth-order valence-electron chi connectivity index (χ4n) is 1.04. The van der Waals surface area contributed by atoms with Gasteiger partial charge in [0.05, 0.1) is 0 Å². The molecule has 1 heteroatoms. The van der Waals surface area contributed by atoms with E-state index in [2.05, 4.69) is 13.8 Å². The third-order valence-electron chi connectivity index (χ3n) is 2.11. The summed E-state index contributed by atoms with van der Waals surface area (Å²) in [5.41, 5.74) is 0. The third-order valence-corrected chi connectivity index (χ3v) is 2.11. The normalized spacial score (nSPS) is 13.5. The minimum atomic E-state index is 0.272. The molecule has 0 saturated heterocycles. The second kappa shape index (κ2) is 5.34. The van der Waals surface area contributed by atoms with Gasteiger partial charge in [-0.2, -0.15) is 0 Å². The summed E-state index contributed by atoms with van der Waals surface area (Å²) in [5.74, 6) is 1.37. The molecule has 66 valence electrons. The molecule has 1 atom stereocenters. The van der Waals surface area contributed by atoms with Crippen molar-refractivity contribution >= 4 is 5.78 Å². The topological polar surface area (TPSA) is 17.1 Å². The fourth-order valence-corrected chi connectivity index (χ4v) is 1.04. The van der Waals surface area contributed by atoms with Crippen LogP contribution in [0, 0.1) is 11.8 Å². The van der Waals surface area contributed by atoms with Crippen molar-refractivity contribution in [2.24, 2.45) is 11.8 Å². The monoisotopic (exact) mass is 156 g/mol. The molecule has 0 aliphatic rings. The summed E-state index contributed by atoms with van der Waals surface area (Å²) >= 11 is 0. The summed E-state index contributed by atoms with van der Waals surface area (Å²) in [6.07, 6.45) is 3.50. The molecular weight excluding hydrogens is 136 g/mol. The summed E-state index contributed by atoms with van der Waals surface area (Å²) < 4.78 is 0. The zero-order valence-electron chi connectivity index (χ0n) is 8.18. The molecule has 11 heavy (non-hydrogen) atoms. The summed E-state index contributed by atoms with van der Waals surface area (Å²) in [5, 5.41) is 0. The predicted octanol–water partition coefficient (Wildman–Crippen LogP) is 3.04. The van der Waals surface area contributed by atoms with Crippen LogP contribution in [0.1, 0.15) is 47.0 Å². The van der Waals surface area contributed by atoms with Gasteiger partial charge in [-0.05, 0) is 19.3 Å². The first-order valence-electron chi connectivity index (χ1n) is 4.54. The quantitative estimate of drug-likeness (QED) is 0.598. The third kappa shape index (κ3) is 6.08. The molecule has 0 N–H and O–H groups in total. The van der Waals surface area contributed by atoms with Crippen molar-refractivity contribution in [3.05, 3.63) is 0 Å². The van der Waals surface area contributed by atoms with Crippen molar-refractivity contribution in [3.63, 3.8) is 0 Å². The Bertz CT molecular complexity index is 116. The van der Waals surface area contributed by atoms with Gasteiger partial charge in [0.1, 0.15) is 5.78 Å². The molecule has 0 radical (unpaired) electrons. The number of hydrogen-bond donors (Lipinski definition) is 0. The number of carbonyl (C=O) groups excluding carboxylic acids is 1. The Kier molecular flexibility index (Phi) is 5.18. The van der Waals surface area contributed by atoms with Gasteiger partial charge >= 0.3 is 0 Å². The van der Waals surface area contributed by atoms with Crippen LogP contribution >= 0.6 is 0 Å². The highest BCUT2D eigenvalue weighted by molar-refractivity contribution is 5.77.